The van der Waals surface area contributed by atoms with Gasteiger partial charge in [-0.15, -0.1) is 0 Å². The number of hydrogen-bond acceptors (Lipinski definition) is 5. The Labute approximate surface area is 169 Å². The molecule has 0 fully saturated rings. The van der Waals surface area contributed by atoms with Crippen molar-refractivity contribution in [2.45, 2.75) is 20.1 Å². The fourth-order valence-electron chi connectivity index (χ4n) is 2.91. The quantitative estimate of drug-likeness (QED) is 0.586. The molecule has 29 heavy (non-hydrogen) atoms. The van der Waals surface area contributed by atoms with Crippen LogP contribution >= 0.6 is 0 Å². The van der Waals surface area contributed by atoms with Crippen LogP contribution in [0.2, 0.25) is 0 Å². The molecule has 148 valence electrons. The molecule has 0 aliphatic rings. The van der Waals surface area contributed by atoms with Crippen LogP contribution in [0.3, 0.4) is 0 Å². The SMILES string of the molecule is COc1ccc(OCCn2ccc(=O)c(OCc3ccccc3C#N)c2C)cc1. The lowest BCUT2D eigenvalue weighted by molar-refractivity contribution is 0.283. The van der Waals surface area contributed by atoms with Crippen molar-refractivity contribution in [3.05, 3.63) is 87.8 Å². The van der Waals surface area contributed by atoms with Gasteiger partial charge >= 0.3 is 0 Å². The average Bonchev–Trinajstić information content (AvgIpc) is 2.76. The molecule has 6 nitrogen and oxygen atoms in total. The van der Waals surface area contributed by atoms with E-state index in [1.54, 1.807) is 25.4 Å². The summed E-state index contributed by atoms with van der Waals surface area (Å²) < 4.78 is 18.6. The zero-order chi connectivity index (χ0) is 20.6. The number of nitriles is 1. The van der Waals surface area contributed by atoms with Crippen molar-refractivity contribution in [1.82, 2.24) is 4.57 Å². The lowest BCUT2D eigenvalue weighted by Crippen LogP contribution is -2.17. The summed E-state index contributed by atoms with van der Waals surface area (Å²) in [5.41, 5.74) is 1.80. The Kier molecular flexibility index (Phi) is 6.54. The minimum Gasteiger partial charge on any atom is -0.497 e. The molecule has 0 aliphatic heterocycles. The van der Waals surface area contributed by atoms with Gasteiger partial charge in [0.1, 0.15) is 24.7 Å². The number of nitrogens with zero attached hydrogens (tertiary/aromatic N) is 2. The maximum Gasteiger partial charge on any atom is 0.223 e. The second-order valence-electron chi connectivity index (χ2n) is 6.37. The first-order chi connectivity index (χ1) is 14.1. The summed E-state index contributed by atoms with van der Waals surface area (Å²) in [6, 6.07) is 18.2. The molecule has 0 radical (unpaired) electrons. The number of rotatable bonds is 8. The van der Waals surface area contributed by atoms with Gasteiger partial charge in [-0.05, 0) is 37.3 Å². The van der Waals surface area contributed by atoms with Crippen molar-refractivity contribution in [3.8, 4) is 23.3 Å². The predicted octanol–water partition coefficient (Wildman–Crippen LogP) is 3.70. The van der Waals surface area contributed by atoms with E-state index >= 15 is 0 Å². The predicted molar refractivity (Wildman–Crippen MR) is 109 cm³/mol. The van der Waals surface area contributed by atoms with Gasteiger partial charge in [-0.2, -0.15) is 5.26 Å². The van der Waals surface area contributed by atoms with E-state index in [2.05, 4.69) is 6.07 Å². The molecule has 0 aliphatic carbocycles. The van der Waals surface area contributed by atoms with Crippen molar-refractivity contribution < 1.29 is 14.2 Å². The summed E-state index contributed by atoms with van der Waals surface area (Å²) in [6.45, 7) is 2.99. The van der Waals surface area contributed by atoms with E-state index < -0.39 is 0 Å². The Morgan fingerprint density at radius 1 is 1.00 bits per heavy atom. The topological polar surface area (TPSA) is 73.5 Å². The number of aromatic nitrogens is 1. The maximum absolute atomic E-state index is 12.3. The van der Waals surface area contributed by atoms with E-state index in [1.165, 1.54) is 6.07 Å². The first kappa shape index (κ1) is 20.0. The highest BCUT2D eigenvalue weighted by atomic mass is 16.5. The van der Waals surface area contributed by atoms with E-state index in [-0.39, 0.29) is 17.8 Å². The van der Waals surface area contributed by atoms with Gasteiger partial charge in [0, 0.05) is 17.8 Å². The molecule has 0 saturated heterocycles. The highest BCUT2D eigenvalue weighted by molar-refractivity contribution is 5.37. The van der Waals surface area contributed by atoms with E-state index in [9.17, 15) is 10.1 Å². The minimum atomic E-state index is -0.190. The van der Waals surface area contributed by atoms with E-state index in [0.29, 0.717) is 24.4 Å². The largest absolute Gasteiger partial charge is 0.497 e. The Bertz CT molecular complexity index is 1070. The molecule has 0 N–H and O–H groups in total. The Balaban J connectivity index is 1.66. The fraction of sp³-hybridized carbons (Fsp3) is 0.217. The van der Waals surface area contributed by atoms with Crippen molar-refractivity contribution in [2.75, 3.05) is 13.7 Å². The molecule has 1 heterocycles. The summed E-state index contributed by atoms with van der Waals surface area (Å²) in [6.07, 6.45) is 1.73. The van der Waals surface area contributed by atoms with Gasteiger partial charge in [-0.3, -0.25) is 4.79 Å². The van der Waals surface area contributed by atoms with Crippen molar-refractivity contribution >= 4 is 0 Å². The standard InChI is InChI=1S/C23H22N2O4/c1-17-23(29-16-19-6-4-3-5-18(19)15-24)22(26)11-12-25(17)13-14-28-21-9-7-20(27-2)8-10-21/h3-12H,13-14,16H2,1-2H3. The molecule has 0 bridgehead atoms. The van der Waals surface area contributed by atoms with E-state index in [4.69, 9.17) is 14.2 Å². The second kappa shape index (κ2) is 9.47. The summed E-state index contributed by atoms with van der Waals surface area (Å²) in [7, 11) is 1.62. The summed E-state index contributed by atoms with van der Waals surface area (Å²) in [4.78, 5) is 12.3. The molecule has 0 spiro atoms. The average molecular weight is 390 g/mol. The molecule has 0 amide bonds. The zero-order valence-corrected chi connectivity index (χ0v) is 16.4. The second-order valence-corrected chi connectivity index (χ2v) is 6.37. The molecular formula is C23H22N2O4. The van der Waals surface area contributed by atoms with Crippen LogP contribution < -0.4 is 19.6 Å². The third kappa shape index (κ3) is 4.96. The maximum atomic E-state index is 12.3. The molecule has 0 unspecified atom stereocenters. The first-order valence-electron chi connectivity index (χ1n) is 9.20. The monoisotopic (exact) mass is 390 g/mol. The van der Waals surface area contributed by atoms with Gasteiger partial charge in [0.05, 0.1) is 31.0 Å². The van der Waals surface area contributed by atoms with E-state index in [0.717, 1.165) is 17.1 Å². The molecule has 1 aromatic heterocycles. The van der Waals surface area contributed by atoms with Crippen LogP contribution in [0.15, 0.2) is 65.6 Å². The molecule has 2 aromatic carbocycles. The molecule has 0 saturated carbocycles. The third-order valence-electron chi connectivity index (χ3n) is 4.56. The van der Waals surface area contributed by atoms with Gasteiger partial charge in [-0.25, -0.2) is 0 Å². The van der Waals surface area contributed by atoms with Gasteiger partial charge in [0.25, 0.3) is 0 Å². The Hall–Kier alpha value is -3.72. The molecule has 3 aromatic rings. The number of pyridine rings is 1. The summed E-state index contributed by atoms with van der Waals surface area (Å²) in [5.74, 6) is 1.80. The van der Waals surface area contributed by atoms with Crippen LogP contribution in [0.25, 0.3) is 0 Å². The molecule has 3 rings (SSSR count). The minimum absolute atomic E-state index is 0.159. The lowest BCUT2D eigenvalue weighted by atomic mass is 10.1. The third-order valence-corrected chi connectivity index (χ3v) is 4.56. The van der Waals surface area contributed by atoms with Gasteiger partial charge < -0.3 is 18.8 Å². The fourth-order valence-corrected chi connectivity index (χ4v) is 2.91. The highest BCUT2D eigenvalue weighted by Gasteiger charge is 2.10. The van der Waals surface area contributed by atoms with Gasteiger partial charge in [0.15, 0.2) is 5.75 Å². The number of benzene rings is 2. The van der Waals surface area contributed by atoms with Crippen LogP contribution in [0.5, 0.6) is 17.2 Å². The van der Waals surface area contributed by atoms with Crippen molar-refractivity contribution in [3.63, 3.8) is 0 Å². The number of ether oxygens (including phenoxy) is 3. The number of hydrogen-bond donors (Lipinski definition) is 0. The summed E-state index contributed by atoms with van der Waals surface area (Å²) in [5, 5.41) is 9.20. The number of methoxy groups -OCH3 is 1. The van der Waals surface area contributed by atoms with Crippen molar-refractivity contribution in [2.24, 2.45) is 0 Å². The molecule has 6 heteroatoms. The van der Waals surface area contributed by atoms with Gasteiger partial charge in [-0.1, -0.05) is 18.2 Å². The molecular weight excluding hydrogens is 368 g/mol. The van der Waals surface area contributed by atoms with Crippen molar-refractivity contribution in [1.29, 1.82) is 5.26 Å². The molecule has 0 atom stereocenters. The van der Waals surface area contributed by atoms with Crippen LogP contribution in [-0.2, 0) is 13.2 Å². The Morgan fingerprint density at radius 3 is 2.45 bits per heavy atom. The Morgan fingerprint density at radius 2 is 1.72 bits per heavy atom. The van der Waals surface area contributed by atoms with Crippen LogP contribution in [0.4, 0.5) is 0 Å². The normalized spacial score (nSPS) is 10.2. The first-order valence-corrected chi connectivity index (χ1v) is 9.20. The van der Waals surface area contributed by atoms with Crippen LogP contribution in [0.1, 0.15) is 16.8 Å². The van der Waals surface area contributed by atoms with Gasteiger partial charge in [0.2, 0.25) is 5.43 Å². The highest BCUT2D eigenvalue weighted by Crippen LogP contribution is 2.18. The summed E-state index contributed by atoms with van der Waals surface area (Å²) >= 11 is 0. The van der Waals surface area contributed by atoms with Crippen LogP contribution in [0, 0.1) is 18.3 Å². The lowest BCUT2D eigenvalue weighted by Gasteiger charge is -2.15. The van der Waals surface area contributed by atoms with E-state index in [1.807, 2.05) is 47.9 Å². The van der Waals surface area contributed by atoms with Crippen LogP contribution in [-0.4, -0.2) is 18.3 Å². The smallest absolute Gasteiger partial charge is 0.223 e. The zero-order valence-electron chi connectivity index (χ0n) is 16.4.